The number of aryl methyl sites for hydroxylation is 3. The maximum atomic E-state index is 12.0. The summed E-state index contributed by atoms with van der Waals surface area (Å²) in [6.07, 6.45) is 3.37. The number of rotatable bonds is 3. The quantitative estimate of drug-likeness (QED) is 0.399. The lowest BCUT2D eigenvalue weighted by atomic mass is 10.0. The van der Waals surface area contributed by atoms with Crippen molar-refractivity contribution in [1.29, 1.82) is 0 Å². The molecule has 4 aromatic rings. The van der Waals surface area contributed by atoms with Crippen molar-refractivity contribution in [2.75, 3.05) is 0 Å². The fourth-order valence-corrected chi connectivity index (χ4v) is 4.79. The van der Waals surface area contributed by atoms with Crippen LogP contribution in [0.4, 0.5) is 0 Å². The van der Waals surface area contributed by atoms with Crippen molar-refractivity contribution < 1.29 is 4.42 Å². The largest absolute Gasteiger partial charge is 0.423 e. The van der Waals surface area contributed by atoms with Gasteiger partial charge in [-0.05, 0) is 60.2 Å². The van der Waals surface area contributed by atoms with Crippen molar-refractivity contribution in [3.63, 3.8) is 0 Å². The van der Waals surface area contributed by atoms with Gasteiger partial charge >= 0.3 is 5.63 Å². The molecule has 0 spiro atoms. The van der Waals surface area contributed by atoms with Gasteiger partial charge in [-0.25, -0.2) is 9.78 Å². The van der Waals surface area contributed by atoms with Gasteiger partial charge in [0.25, 0.3) is 0 Å². The predicted octanol–water partition coefficient (Wildman–Crippen LogP) is 4.46. The molecule has 2 aromatic heterocycles. The normalized spacial score (nSPS) is 13.6. The van der Waals surface area contributed by atoms with Gasteiger partial charge in [-0.2, -0.15) is 0 Å². The molecule has 0 atom stereocenters. The first-order chi connectivity index (χ1) is 12.7. The third-order valence-electron chi connectivity index (χ3n) is 5.15. The van der Waals surface area contributed by atoms with Crippen LogP contribution in [0.25, 0.3) is 22.0 Å². The topological polar surface area (TPSA) is 48.0 Å². The third kappa shape index (κ3) is 2.54. The zero-order valence-corrected chi connectivity index (χ0v) is 15.3. The summed E-state index contributed by atoms with van der Waals surface area (Å²) in [7, 11) is 2.03. The monoisotopic (exact) mass is 362 g/mol. The van der Waals surface area contributed by atoms with E-state index in [1.165, 1.54) is 17.5 Å². The second-order valence-corrected chi connectivity index (χ2v) is 7.73. The van der Waals surface area contributed by atoms with Crippen LogP contribution in [0.3, 0.4) is 0 Å². The second-order valence-electron chi connectivity index (χ2n) is 6.79. The Balaban J connectivity index is 1.54. The molecule has 1 aliphatic carbocycles. The number of benzene rings is 2. The summed E-state index contributed by atoms with van der Waals surface area (Å²) in [6.45, 7) is 0. The molecule has 0 fully saturated rings. The summed E-state index contributed by atoms with van der Waals surface area (Å²) in [5.41, 5.74) is 6.26. The van der Waals surface area contributed by atoms with Crippen LogP contribution in [0.1, 0.15) is 23.1 Å². The molecule has 2 aromatic carbocycles. The van der Waals surface area contributed by atoms with Crippen LogP contribution in [0, 0.1) is 0 Å². The molecule has 0 amide bonds. The molecule has 0 unspecified atom stereocenters. The number of hydrogen-bond donors (Lipinski definition) is 0. The molecule has 130 valence electrons. The van der Waals surface area contributed by atoms with Crippen LogP contribution in [-0.2, 0) is 25.6 Å². The molecular weight excluding hydrogens is 344 g/mol. The van der Waals surface area contributed by atoms with E-state index in [-0.39, 0.29) is 5.63 Å². The van der Waals surface area contributed by atoms with Crippen molar-refractivity contribution in [3.8, 4) is 0 Å². The van der Waals surface area contributed by atoms with E-state index in [0.717, 1.165) is 40.0 Å². The summed E-state index contributed by atoms with van der Waals surface area (Å²) in [4.78, 5) is 16.7. The molecule has 5 rings (SSSR count). The molecule has 4 nitrogen and oxygen atoms in total. The summed E-state index contributed by atoms with van der Waals surface area (Å²) in [6, 6.07) is 14.0. The van der Waals surface area contributed by atoms with E-state index in [4.69, 9.17) is 9.40 Å². The number of fused-ring (bicyclic) bond motifs is 3. The lowest BCUT2D eigenvalue weighted by molar-refractivity contribution is 0.559. The lowest BCUT2D eigenvalue weighted by Gasteiger charge is -2.08. The summed E-state index contributed by atoms with van der Waals surface area (Å²) >= 11 is 1.65. The predicted molar refractivity (Wildman–Crippen MR) is 105 cm³/mol. The fourth-order valence-electron chi connectivity index (χ4n) is 3.81. The van der Waals surface area contributed by atoms with Crippen LogP contribution >= 0.6 is 11.8 Å². The second kappa shape index (κ2) is 6.02. The maximum Gasteiger partial charge on any atom is 0.336 e. The highest BCUT2D eigenvalue weighted by Gasteiger charge is 2.16. The van der Waals surface area contributed by atoms with E-state index < -0.39 is 0 Å². The highest BCUT2D eigenvalue weighted by atomic mass is 32.2. The summed E-state index contributed by atoms with van der Waals surface area (Å²) in [5, 5.41) is 2.00. The Morgan fingerprint density at radius 3 is 2.81 bits per heavy atom. The standard InChI is InChI=1S/C21H18N2O2S/c1-23-18-8-3-2-7-17(18)22-21(23)26-12-15-11-20(24)25-19-10-14-6-4-5-13(14)9-16(15)19/h2-3,7-11H,4-6,12H2,1H3. The van der Waals surface area contributed by atoms with Gasteiger partial charge in [0.2, 0.25) is 0 Å². The van der Waals surface area contributed by atoms with Crippen molar-refractivity contribution in [1.82, 2.24) is 9.55 Å². The van der Waals surface area contributed by atoms with E-state index in [0.29, 0.717) is 11.3 Å². The Hall–Kier alpha value is -2.53. The van der Waals surface area contributed by atoms with Crippen molar-refractivity contribution in [3.05, 3.63) is 69.6 Å². The number of aromatic nitrogens is 2. The number of hydrogen-bond acceptors (Lipinski definition) is 4. The van der Waals surface area contributed by atoms with Gasteiger partial charge in [0.05, 0.1) is 11.0 Å². The Morgan fingerprint density at radius 2 is 1.96 bits per heavy atom. The van der Waals surface area contributed by atoms with Crippen LogP contribution in [-0.4, -0.2) is 9.55 Å². The average molecular weight is 362 g/mol. The minimum atomic E-state index is -0.281. The van der Waals surface area contributed by atoms with Gasteiger partial charge in [-0.15, -0.1) is 0 Å². The van der Waals surface area contributed by atoms with Crippen LogP contribution in [0.15, 0.2) is 56.8 Å². The molecule has 0 N–H and O–H groups in total. The molecule has 0 bridgehead atoms. The van der Waals surface area contributed by atoms with E-state index in [2.05, 4.69) is 22.8 Å². The summed E-state index contributed by atoms with van der Waals surface area (Å²) in [5.74, 6) is 0.693. The van der Waals surface area contributed by atoms with Crippen LogP contribution in [0.5, 0.6) is 0 Å². The molecule has 26 heavy (non-hydrogen) atoms. The first kappa shape index (κ1) is 15.7. The minimum absolute atomic E-state index is 0.281. The molecule has 0 aliphatic heterocycles. The average Bonchev–Trinajstić information content (AvgIpc) is 3.22. The molecule has 1 aliphatic rings. The van der Waals surface area contributed by atoms with Crippen molar-refractivity contribution in [2.45, 2.75) is 30.2 Å². The maximum absolute atomic E-state index is 12.0. The first-order valence-corrected chi connectivity index (χ1v) is 9.80. The Morgan fingerprint density at radius 1 is 1.15 bits per heavy atom. The molecule has 0 saturated carbocycles. The van der Waals surface area contributed by atoms with Gasteiger partial charge in [0.1, 0.15) is 5.58 Å². The van der Waals surface area contributed by atoms with Crippen LogP contribution in [0.2, 0.25) is 0 Å². The highest BCUT2D eigenvalue weighted by molar-refractivity contribution is 7.98. The van der Waals surface area contributed by atoms with Crippen LogP contribution < -0.4 is 5.63 Å². The van der Waals surface area contributed by atoms with Gasteiger partial charge in [0, 0.05) is 24.3 Å². The fraction of sp³-hybridized carbons (Fsp3) is 0.238. The summed E-state index contributed by atoms with van der Waals surface area (Å²) < 4.78 is 7.57. The Bertz CT molecular complexity index is 1210. The van der Waals surface area contributed by atoms with Crippen molar-refractivity contribution >= 4 is 33.8 Å². The number of nitrogens with zero attached hydrogens (tertiary/aromatic N) is 2. The molecule has 2 heterocycles. The van der Waals surface area contributed by atoms with Gasteiger partial charge in [0.15, 0.2) is 5.16 Å². The van der Waals surface area contributed by atoms with Gasteiger partial charge in [-0.1, -0.05) is 23.9 Å². The molecule has 0 saturated heterocycles. The Labute approximate surface area is 154 Å². The van der Waals surface area contributed by atoms with E-state index >= 15 is 0 Å². The van der Waals surface area contributed by atoms with E-state index in [9.17, 15) is 4.79 Å². The number of imidazole rings is 1. The minimum Gasteiger partial charge on any atom is -0.423 e. The van der Waals surface area contributed by atoms with Gasteiger partial charge in [-0.3, -0.25) is 0 Å². The highest BCUT2D eigenvalue weighted by Crippen LogP contribution is 2.32. The first-order valence-electron chi connectivity index (χ1n) is 8.82. The zero-order valence-electron chi connectivity index (χ0n) is 14.5. The van der Waals surface area contributed by atoms with Gasteiger partial charge < -0.3 is 8.98 Å². The third-order valence-corrected chi connectivity index (χ3v) is 6.22. The van der Waals surface area contributed by atoms with E-state index in [1.807, 2.05) is 25.2 Å². The van der Waals surface area contributed by atoms with Crippen molar-refractivity contribution in [2.24, 2.45) is 7.05 Å². The lowest BCUT2D eigenvalue weighted by Crippen LogP contribution is -2.01. The zero-order chi connectivity index (χ0) is 17.7. The Kier molecular flexibility index (Phi) is 3.64. The molecule has 5 heteroatoms. The smallest absolute Gasteiger partial charge is 0.336 e. The molecule has 0 radical (unpaired) electrons. The number of para-hydroxylation sites is 2. The molecular formula is C21H18N2O2S. The SMILES string of the molecule is Cn1c(SCc2cc(=O)oc3cc4c(cc23)CCC4)nc2ccccc21. The number of thioether (sulfide) groups is 1. The van der Waals surface area contributed by atoms with E-state index in [1.54, 1.807) is 17.8 Å².